The van der Waals surface area contributed by atoms with Crippen molar-refractivity contribution in [1.29, 1.82) is 0 Å². The van der Waals surface area contributed by atoms with E-state index in [1.165, 1.54) is 5.56 Å². The van der Waals surface area contributed by atoms with Crippen molar-refractivity contribution in [3.63, 3.8) is 0 Å². The minimum Gasteiger partial charge on any atom is -0.497 e. The fourth-order valence-electron chi connectivity index (χ4n) is 2.59. The summed E-state index contributed by atoms with van der Waals surface area (Å²) in [6, 6.07) is 23.9. The highest BCUT2D eigenvalue weighted by atomic mass is 32.1. The summed E-state index contributed by atoms with van der Waals surface area (Å²) in [5, 5.41) is 3.95. The molecular formula is C21H21N3OS. The van der Waals surface area contributed by atoms with Crippen molar-refractivity contribution in [2.24, 2.45) is 0 Å². The van der Waals surface area contributed by atoms with Crippen LogP contribution in [0.3, 0.4) is 0 Å². The van der Waals surface area contributed by atoms with Gasteiger partial charge in [-0.25, -0.2) is 0 Å². The standard InChI is InChI=1S/C21H21N3OS/c1-25-20-12-7-11-18(14-20)23-21(26)24(15-17-8-3-2-4-9-17)16-19-10-5-6-13-22-19/h2-14H,15-16H2,1H3,(H,23,26). The van der Waals surface area contributed by atoms with Crippen LogP contribution in [0.5, 0.6) is 5.75 Å². The molecule has 5 heteroatoms. The second kappa shape index (κ2) is 8.97. The van der Waals surface area contributed by atoms with Gasteiger partial charge in [0.05, 0.1) is 19.3 Å². The van der Waals surface area contributed by atoms with Crippen molar-refractivity contribution in [1.82, 2.24) is 9.88 Å². The monoisotopic (exact) mass is 363 g/mol. The van der Waals surface area contributed by atoms with Gasteiger partial charge in [0.25, 0.3) is 0 Å². The van der Waals surface area contributed by atoms with E-state index in [0.717, 1.165) is 17.1 Å². The van der Waals surface area contributed by atoms with Crippen LogP contribution in [-0.2, 0) is 13.1 Å². The van der Waals surface area contributed by atoms with Gasteiger partial charge in [0, 0.05) is 24.5 Å². The lowest BCUT2D eigenvalue weighted by Crippen LogP contribution is -2.34. The molecule has 1 heterocycles. The molecule has 0 aliphatic carbocycles. The number of rotatable bonds is 6. The predicted molar refractivity (Wildman–Crippen MR) is 109 cm³/mol. The van der Waals surface area contributed by atoms with Crippen LogP contribution >= 0.6 is 12.2 Å². The number of nitrogens with one attached hydrogen (secondary N) is 1. The van der Waals surface area contributed by atoms with Crippen LogP contribution in [0.2, 0.25) is 0 Å². The van der Waals surface area contributed by atoms with Crippen LogP contribution in [0, 0.1) is 0 Å². The van der Waals surface area contributed by atoms with Gasteiger partial charge in [0.15, 0.2) is 5.11 Å². The summed E-state index contributed by atoms with van der Waals surface area (Å²) in [5.74, 6) is 0.789. The molecule has 3 rings (SSSR count). The van der Waals surface area contributed by atoms with E-state index in [-0.39, 0.29) is 0 Å². The fourth-order valence-corrected chi connectivity index (χ4v) is 2.84. The minimum atomic E-state index is 0.630. The van der Waals surface area contributed by atoms with Crippen LogP contribution in [0.1, 0.15) is 11.3 Å². The molecule has 0 unspecified atom stereocenters. The lowest BCUT2D eigenvalue weighted by Gasteiger charge is -2.26. The minimum absolute atomic E-state index is 0.630. The van der Waals surface area contributed by atoms with E-state index >= 15 is 0 Å². The number of hydrogen-bond acceptors (Lipinski definition) is 3. The van der Waals surface area contributed by atoms with Gasteiger partial charge in [-0.2, -0.15) is 0 Å². The zero-order valence-corrected chi connectivity index (χ0v) is 15.4. The van der Waals surface area contributed by atoms with E-state index < -0.39 is 0 Å². The van der Waals surface area contributed by atoms with Crippen LogP contribution in [0.4, 0.5) is 5.69 Å². The van der Waals surface area contributed by atoms with Gasteiger partial charge in [0.2, 0.25) is 0 Å². The largest absolute Gasteiger partial charge is 0.497 e. The topological polar surface area (TPSA) is 37.4 Å². The Balaban J connectivity index is 1.77. The van der Waals surface area contributed by atoms with Crippen LogP contribution < -0.4 is 10.1 Å². The van der Waals surface area contributed by atoms with E-state index in [4.69, 9.17) is 17.0 Å². The summed E-state index contributed by atoms with van der Waals surface area (Å²) in [6.07, 6.45) is 1.80. The molecule has 0 atom stereocenters. The highest BCUT2D eigenvalue weighted by molar-refractivity contribution is 7.80. The van der Waals surface area contributed by atoms with Gasteiger partial charge in [0.1, 0.15) is 5.75 Å². The quantitative estimate of drug-likeness (QED) is 0.653. The van der Waals surface area contributed by atoms with Gasteiger partial charge in [-0.05, 0) is 42.0 Å². The third kappa shape index (κ3) is 5.04. The van der Waals surface area contributed by atoms with Gasteiger partial charge in [-0.3, -0.25) is 4.98 Å². The lowest BCUT2D eigenvalue weighted by molar-refractivity contribution is 0.407. The Kier molecular flexibility index (Phi) is 6.17. The van der Waals surface area contributed by atoms with Crippen molar-refractivity contribution < 1.29 is 4.74 Å². The number of pyridine rings is 1. The SMILES string of the molecule is COc1cccc(NC(=S)N(Cc2ccccc2)Cc2ccccn2)c1. The molecule has 0 fully saturated rings. The number of thiocarbonyl (C=S) groups is 1. The molecule has 3 aromatic rings. The molecule has 0 aliphatic rings. The van der Waals surface area contributed by atoms with Gasteiger partial charge in [-0.1, -0.05) is 42.5 Å². The van der Waals surface area contributed by atoms with E-state index in [1.807, 2.05) is 60.7 Å². The molecule has 4 nitrogen and oxygen atoms in total. The third-order valence-corrected chi connectivity index (χ3v) is 4.26. The summed E-state index contributed by atoms with van der Waals surface area (Å²) in [5.41, 5.74) is 3.06. The maximum atomic E-state index is 5.68. The first kappa shape index (κ1) is 17.9. The van der Waals surface area contributed by atoms with E-state index in [2.05, 4.69) is 27.3 Å². The molecule has 0 saturated carbocycles. The molecule has 0 radical (unpaired) electrons. The number of ether oxygens (including phenoxy) is 1. The first-order chi connectivity index (χ1) is 12.7. The molecule has 0 spiro atoms. The van der Waals surface area contributed by atoms with Crippen molar-refractivity contribution in [3.8, 4) is 5.75 Å². The molecule has 0 amide bonds. The molecule has 1 N–H and O–H groups in total. The summed E-state index contributed by atoms with van der Waals surface area (Å²) < 4.78 is 5.28. The van der Waals surface area contributed by atoms with E-state index in [0.29, 0.717) is 18.2 Å². The molecule has 132 valence electrons. The first-order valence-corrected chi connectivity index (χ1v) is 8.79. The van der Waals surface area contributed by atoms with Crippen LogP contribution in [0.25, 0.3) is 0 Å². The summed E-state index contributed by atoms with van der Waals surface area (Å²) in [6.45, 7) is 1.33. The third-order valence-electron chi connectivity index (χ3n) is 3.90. The molecule has 0 bridgehead atoms. The summed E-state index contributed by atoms with van der Waals surface area (Å²) in [7, 11) is 1.65. The van der Waals surface area contributed by atoms with Gasteiger partial charge >= 0.3 is 0 Å². The average molecular weight is 363 g/mol. The fraction of sp³-hybridized carbons (Fsp3) is 0.143. The van der Waals surface area contributed by atoms with Crippen LogP contribution in [0.15, 0.2) is 79.0 Å². The number of aromatic nitrogens is 1. The first-order valence-electron chi connectivity index (χ1n) is 8.38. The van der Waals surface area contributed by atoms with Crippen molar-refractivity contribution in [3.05, 3.63) is 90.3 Å². The Hall–Kier alpha value is -2.92. The molecule has 2 aromatic carbocycles. The number of benzene rings is 2. The average Bonchev–Trinajstić information content (AvgIpc) is 2.69. The second-order valence-electron chi connectivity index (χ2n) is 5.82. The Labute approximate surface area is 159 Å². The highest BCUT2D eigenvalue weighted by Crippen LogP contribution is 2.18. The second-order valence-corrected chi connectivity index (χ2v) is 6.21. The number of hydrogen-bond donors (Lipinski definition) is 1. The van der Waals surface area contributed by atoms with E-state index in [9.17, 15) is 0 Å². The maximum Gasteiger partial charge on any atom is 0.174 e. The normalized spacial score (nSPS) is 10.2. The Morgan fingerprint density at radius 3 is 2.54 bits per heavy atom. The number of anilines is 1. The lowest BCUT2D eigenvalue weighted by atomic mass is 10.2. The van der Waals surface area contributed by atoms with Gasteiger partial charge < -0.3 is 15.0 Å². The Bertz CT molecular complexity index is 799. The molecule has 0 aliphatic heterocycles. The Morgan fingerprint density at radius 2 is 1.81 bits per heavy atom. The number of methoxy groups -OCH3 is 1. The zero-order valence-electron chi connectivity index (χ0n) is 14.6. The smallest absolute Gasteiger partial charge is 0.174 e. The summed E-state index contributed by atoms with van der Waals surface area (Å²) in [4.78, 5) is 6.53. The number of nitrogens with zero attached hydrogens (tertiary/aromatic N) is 2. The van der Waals surface area contributed by atoms with Crippen molar-refractivity contribution in [2.75, 3.05) is 12.4 Å². The van der Waals surface area contributed by atoms with Gasteiger partial charge in [-0.15, -0.1) is 0 Å². The Morgan fingerprint density at radius 1 is 1.00 bits per heavy atom. The molecule has 1 aromatic heterocycles. The highest BCUT2D eigenvalue weighted by Gasteiger charge is 2.12. The molecular weight excluding hydrogens is 342 g/mol. The molecule has 26 heavy (non-hydrogen) atoms. The summed E-state index contributed by atoms with van der Waals surface area (Å²) >= 11 is 5.68. The zero-order chi connectivity index (χ0) is 18.2. The van der Waals surface area contributed by atoms with Crippen LogP contribution in [-0.4, -0.2) is 22.1 Å². The maximum absolute atomic E-state index is 5.68. The van der Waals surface area contributed by atoms with E-state index in [1.54, 1.807) is 13.3 Å². The van der Waals surface area contributed by atoms with Crippen molar-refractivity contribution >= 4 is 23.0 Å². The molecule has 0 saturated heterocycles. The van der Waals surface area contributed by atoms with Crippen molar-refractivity contribution in [2.45, 2.75) is 13.1 Å². The predicted octanol–water partition coefficient (Wildman–Crippen LogP) is 4.49.